The van der Waals surface area contributed by atoms with E-state index >= 15 is 0 Å². The van der Waals surface area contributed by atoms with Gasteiger partial charge < -0.3 is 9.72 Å². The van der Waals surface area contributed by atoms with Crippen molar-refractivity contribution in [3.63, 3.8) is 0 Å². The predicted molar refractivity (Wildman–Crippen MR) is 131 cm³/mol. The lowest BCUT2D eigenvalue weighted by atomic mass is 9.86. The summed E-state index contributed by atoms with van der Waals surface area (Å²) in [5, 5.41) is 3.42. The molecule has 4 rings (SSSR count). The van der Waals surface area contributed by atoms with E-state index in [1.165, 1.54) is 5.56 Å². The van der Waals surface area contributed by atoms with Crippen LogP contribution < -0.4 is 5.32 Å². The van der Waals surface area contributed by atoms with Crippen molar-refractivity contribution in [1.82, 2.24) is 19.7 Å². The molecule has 0 bridgehead atoms. The zero-order valence-electron chi connectivity index (χ0n) is 19.9. The first-order valence-corrected chi connectivity index (χ1v) is 11.8. The lowest BCUT2D eigenvalue weighted by Crippen LogP contribution is -2.26. The molecular weight excluding hydrogens is 396 g/mol. The molecule has 1 aliphatic rings. The Balaban J connectivity index is 1.80. The molecule has 1 aliphatic heterocycles. The fourth-order valence-electron chi connectivity index (χ4n) is 4.71. The second-order valence-corrected chi connectivity index (χ2v) is 9.16. The highest BCUT2D eigenvalue weighted by Crippen LogP contribution is 2.32. The molecule has 3 heterocycles. The van der Waals surface area contributed by atoms with Gasteiger partial charge in [-0.1, -0.05) is 26.0 Å². The molecule has 0 aliphatic carbocycles. The Labute approximate surface area is 191 Å². The highest BCUT2D eigenvalue weighted by Gasteiger charge is 2.19. The normalized spacial score (nSPS) is 16.5. The highest BCUT2D eigenvalue weighted by molar-refractivity contribution is 5.99. The van der Waals surface area contributed by atoms with Crippen LogP contribution in [0.15, 0.2) is 30.6 Å². The van der Waals surface area contributed by atoms with Gasteiger partial charge in [0.05, 0.1) is 17.1 Å². The average Bonchev–Trinajstić information content (AvgIpc) is 3.21. The Kier molecular flexibility index (Phi) is 6.56. The van der Waals surface area contributed by atoms with E-state index in [2.05, 4.69) is 59.0 Å². The Morgan fingerprint density at radius 1 is 1.22 bits per heavy atom. The zero-order chi connectivity index (χ0) is 22.8. The third kappa shape index (κ3) is 4.53. The number of hydrogen-bond acceptors (Lipinski definition) is 4. The molecule has 1 atom stereocenters. The molecule has 1 N–H and O–H groups in total. The minimum Gasteiger partial charge on any atom is -0.317 e. The molecule has 3 aromatic rings. The van der Waals surface area contributed by atoms with Gasteiger partial charge >= 0.3 is 0 Å². The third-order valence-corrected chi connectivity index (χ3v) is 6.74. The summed E-state index contributed by atoms with van der Waals surface area (Å²) in [4.78, 5) is 22.1. The minimum absolute atomic E-state index is 0.112. The van der Waals surface area contributed by atoms with Crippen molar-refractivity contribution in [2.75, 3.05) is 13.1 Å². The molecule has 5 nitrogen and oxygen atoms in total. The van der Waals surface area contributed by atoms with E-state index in [-0.39, 0.29) is 5.78 Å². The second kappa shape index (κ2) is 9.37. The summed E-state index contributed by atoms with van der Waals surface area (Å²) >= 11 is 0. The molecule has 0 amide bonds. The van der Waals surface area contributed by atoms with E-state index in [4.69, 9.17) is 4.98 Å². The number of carbonyl (C=O) groups excluding carboxylic acids is 1. The van der Waals surface area contributed by atoms with Crippen LogP contribution in [0.25, 0.3) is 17.3 Å². The first-order chi connectivity index (χ1) is 15.4. The van der Waals surface area contributed by atoms with Crippen LogP contribution in [0.3, 0.4) is 0 Å². The molecule has 0 spiro atoms. The van der Waals surface area contributed by atoms with Gasteiger partial charge in [0.25, 0.3) is 0 Å². The molecule has 5 heteroatoms. The number of ketones is 1. The van der Waals surface area contributed by atoms with Crippen molar-refractivity contribution < 1.29 is 4.79 Å². The van der Waals surface area contributed by atoms with Gasteiger partial charge in [0, 0.05) is 18.0 Å². The Morgan fingerprint density at radius 3 is 2.66 bits per heavy atom. The van der Waals surface area contributed by atoms with Crippen LogP contribution in [0.4, 0.5) is 0 Å². The van der Waals surface area contributed by atoms with Crippen molar-refractivity contribution in [2.24, 2.45) is 5.92 Å². The topological polar surface area (TPSA) is 59.3 Å². The molecule has 1 unspecified atom stereocenters. The number of Topliss-reactive ketones (excluding diaryl/α,β-unsaturated/α-hetero) is 1. The third-order valence-electron chi connectivity index (χ3n) is 6.74. The summed E-state index contributed by atoms with van der Waals surface area (Å²) in [5.74, 6) is 0.956. The van der Waals surface area contributed by atoms with E-state index < -0.39 is 0 Å². The summed E-state index contributed by atoms with van der Waals surface area (Å²) in [6.07, 6.45) is 9.53. The van der Waals surface area contributed by atoms with Gasteiger partial charge in [0.2, 0.25) is 0 Å². The van der Waals surface area contributed by atoms with Crippen molar-refractivity contribution >= 4 is 23.1 Å². The summed E-state index contributed by atoms with van der Waals surface area (Å²) in [6.45, 7) is 12.2. The fourth-order valence-corrected chi connectivity index (χ4v) is 4.71. The van der Waals surface area contributed by atoms with E-state index in [9.17, 15) is 4.79 Å². The van der Waals surface area contributed by atoms with E-state index in [0.29, 0.717) is 11.8 Å². The van der Waals surface area contributed by atoms with Crippen molar-refractivity contribution in [1.29, 1.82) is 0 Å². The molecule has 0 radical (unpaired) electrons. The second-order valence-electron chi connectivity index (χ2n) is 9.16. The lowest BCUT2D eigenvalue weighted by Gasteiger charge is -2.23. The molecule has 0 saturated carbocycles. The van der Waals surface area contributed by atoms with E-state index in [0.717, 1.165) is 71.8 Å². The molecule has 1 fully saturated rings. The molecule has 1 aromatic carbocycles. The van der Waals surface area contributed by atoms with Gasteiger partial charge in [0.15, 0.2) is 11.4 Å². The molecule has 2 aromatic heterocycles. The highest BCUT2D eigenvalue weighted by atomic mass is 16.1. The molecular formula is C27H34N4O. The van der Waals surface area contributed by atoms with Crippen LogP contribution >= 0.6 is 0 Å². The molecule has 168 valence electrons. The molecule has 1 saturated heterocycles. The van der Waals surface area contributed by atoms with Crippen LogP contribution in [0.1, 0.15) is 84.5 Å². The number of aryl methyl sites for hydroxylation is 2. The van der Waals surface area contributed by atoms with E-state index in [1.807, 2.05) is 20.0 Å². The van der Waals surface area contributed by atoms with Crippen LogP contribution in [-0.4, -0.2) is 33.2 Å². The zero-order valence-corrected chi connectivity index (χ0v) is 19.9. The van der Waals surface area contributed by atoms with Gasteiger partial charge in [0.1, 0.15) is 0 Å². The SMILES string of the molecule is CCC(C)/C(=C\c1ccc(C2CCNCC2)cc1C(C)=O)c1cn2cc(C)nc(C)c2n1. The van der Waals surface area contributed by atoms with Crippen LogP contribution in [0.2, 0.25) is 0 Å². The number of fused-ring (bicyclic) bond motifs is 1. The smallest absolute Gasteiger partial charge is 0.160 e. The maximum absolute atomic E-state index is 12.6. The van der Waals surface area contributed by atoms with Crippen LogP contribution in [0, 0.1) is 19.8 Å². The quantitative estimate of drug-likeness (QED) is 0.517. The summed E-state index contributed by atoms with van der Waals surface area (Å²) in [6, 6.07) is 6.46. The average molecular weight is 431 g/mol. The minimum atomic E-state index is 0.112. The Bertz CT molecular complexity index is 1170. The van der Waals surface area contributed by atoms with Gasteiger partial charge in [-0.05, 0) is 93.8 Å². The number of allylic oxidation sites excluding steroid dienone is 1. The first kappa shape index (κ1) is 22.4. The van der Waals surface area contributed by atoms with Gasteiger partial charge in [-0.2, -0.15) is 0 Å². The number of benzene rings is 1. The maximum atomic E-state index is 12.6. The van der Waals surface area contributed by atoms with Crippen molar-refractivity contribution in [3.05, 3.63) is 64.4 Å². The number of nitrogens with one attached hydrogen (secondary N) is 1. The number of hydrogen-bond donors (Lipinski definition) is 1. The van der Waals surface area contributed by atoms with Crippen molar-refractivity contribution in [2.45, 2.75) is 59.8 Å². The summed E-state index contributed by atoms with van der Waals surface area (Å²) < 4.78 is 2.06. The van der Waals surface area contributed by atoms with Gasteiger partial charge in [-0.3, -0.25) is 9.78 Å². The summed E-state index contributed by atoms with van der Waals surface area (Å²) in [5.41, 5.74) is 7.96. The number of imidazole rings is 1. The largest absolute Gasteiger partial charge is 0.317 e. The predicted octanol–water partition coefficient (Wildman–Crippen LogP) is 5.60. The van der Waals surface area contributed by atoms with E-state index in [1.54, 1.807) is 6.92 Å². The summed E-state index contributed by atoms with van der Waals surface area (Å²) in [7, 11) is 0. The number of rotatable bonds is 6. The van der Waals surface area contributed by atoms with Gasteiger partial charge in [-0.25, -0.2) is 4.98 Å². The Hall–Kier alpha value is -2.79. The Morgan fingerprint density at radius 2 is 1.97 bits per heavy atom. The van der Waals surface area contributed by atoms with Crippen LogP contribution in [0.5, 0.6) is 0 Å². The number of carbonyl (C=O) groups is 1. The van der Waals surface area contributed by atoms with Crippen molar-refractivity contribution in [3.8, 4) is 0 Å². The lowest BCUT2D eigenvalue weighted by molar-refractivity contribution is 0.101. The number of piperidine rings is 1. The van der Waals surface area contributed by atoms with Crippen LogP contribution in [-0.2, 0) is 0 Å². The standard InChI is InChI=1S/C27H34N4O/c1-6-17(2)24(26-16-31-15-18(3)29-19(4)27(31)30-26)14-23-8-7-22(13-25(23)20(5)32)21-9-11-28-12-10-21/h7-8,13-17,21,28H,6,9-12H2,1-5H3/b24-14+. The maximum Gasteiger partial charge on any atom is 0.160 e. The number of nitrogens with zero attached hydrogens (tertiary/aromatic N) is 3. The van der Waals surface area contributed by atoms with Gasteiger partial charge in [-0.15, -0.1) is 0 Å². The monoisotopic (exact) mass is 430 g/mol. The first-order valence-electron chi connectivity index (χ1n) is 11.8. The fraction of sp³-hybridized carbons (Fsp3) is 0.444. The molecule has 32 heavy (non-hydrogen) atoms. The number of aromatic nitrogens is 3.